The van der Waals surface area contributed by atoms with Crippen LogP contribution in [-0.4, -0.2) is 36.8 Å². The Kier molecular flexibility index (Phi) is 6.86. The third-order valence-corrected chi connectivity index (χ3v) is 4.49. The number of hydrogen-bond acceptors (Lipinski definition) is 4. The number of cyclic esters (lactones) is 1. The van der Waals surface area contributed by atoms with Gasteiger partial charge in [-0.1, -0.05) is 61.4 Å². The zero-order chi connectivity index (χ0) is 17.4. The second-order valence-electron chi connectivity index (χ2n) is 6.37. The highest BCUT2D eigenvalue weighted by atomic mass is 16.6. The first-order valence-electron chi connectivity index (χ1n) is 8.48. The lowest BCUT2D eigenvalue weighted by atomic mass is 9.41. The Morgan fingerprint density at radius 1 is 1.33 bits per heavy atom. The van der Waals surface area contributed by atoms with E-state index in [9.17, 15) is 9.59 Å². The van der Waals surface area contributed by atoms with E-state index in [2.05, 4.69) is 25.0 Å². The number of hydrogen-bond donors (Lipinski definition) is 0. The Morgan fingerprint density at radius 3 is 2.46 bits per heavy atom. The highest BCUT2D eigenvalue weighted by molar-refractivity contribution is 6.67. The van der Waals surface area contributed by atoms with Crippen LogP contribution in [-0.2, 0) is 9.53 Å². The molecule has 3 rings (SSSR count). The van der Waals surface area contributed by atoms with Crippen molar-refractivity contribution < 1.29 is 14.3 Å². The van der Waals surface area contributed by atoms with E-state index in [1.807, 2.05) is 18.2 Å². The molecule has 0 atom stereocenters. The second kappa shape index (κ2) is 9.12. The van der Waals surface area contributed by atoms with E-state index in [1.54, 1.807) is 0 Å². The first kappa shape index (κ1) is 18.1. The van der Waals surface area contributed by atoms with Crippen LogP contribution in [0.1, 0.15) is 24.8 Å². The first-order valence-corrected chi connectivity index (χ1v) is 8.48. The molecule has 2 fully saturated rings. The minimum atomic E-state index is -0.513. The van der Waals surface area contributed by atoms with E-state index in [0.29, 0.717) is 25.5 Å². The maximum absolute atomic E-state index is 11.8. The Morgan fingerprint density at radius 2 is 2.00 bits per heavy atom. The van der Waals surface area contributed by atoms with Gasteiger partial charge in [-0.05, 0) is 12.8 Å². The van der Waals surface area contributed by atoms with Crippen molar-refractivity contribution in [1.82, 2.24) is 4.90 Å². The fourth-order valence-electron chi connectivity index (χ4n) is 3.01. The van der Waals surface area contributed by atoms with Crippen molar-refractivity contribution in [3.8, 4) is 5.97 Å². The standard InChI is InChI=1S/C11H15BN2O3.C7H8/c13-8-12-3-1-9(2-4-12)7-10(15)14-5-6-17-11(14)16;1-7-5-3-2-4-6-7/h9H,1-7H2;2-6H,1H3. The normalized spacial score (nSPS) is 17.6. The van der Waals surface area contributed by atoms with Gasteiger partial charge in [0, 0.05) is 12.4 Å². The highest BCUT2D eigenvalue weighted by Gasteiger charge is 2.32. The molecule has 0 N–H and O–H groups in total. The number of carbonyl (C=O) groups excluding carboxylic acids is 2. The summed E-state index contributed by atoms with van der Waals surface area (Å²) in [5, 5.41) is 8.78. The Balaban J connectivity index is 0.000000249. The van der Waals surface area contributed by atoms with Gasteiger partial charge in [0.1, 0.15) is 6.61 Å². The molecular weight excluding hydrogens is 303 g/mol. The maximum atomic E-state index is 11.8. The number of rotatable bonds is 2. The summed E-state index contributed by atoms with van der Waals surface area (Å²) in [5.41, 5.74) is 1.32. The van der Waals surface area contributed by atoms with Crippen molar-refractivity contribution in [2.45, 2.75) is 38.8 Å². The van der Waals surface area contributed by atoms with Crippen LogP contribution >= 0.6 is 0 Å². The van der Waals surface area contributed by atoms with Crippen molar-refractivity contribution in [2.24, 2.45) is 5.92 Å². The fourth-order valence-corrected chi connectivity index (χ4v) is 3.01. The van der Waals surface area contributed by atoms with Crippen LogP contribution in [0.3, 0.4) is 0 Å². The van der Waals surface area contributed by atoms with Crippen molar-refractivity contribution in [3.63, 3.8) is 0 Å². The van der Waals surface area contributed by atoms with Gasteiger partial charge in [-0.15, -0.1) is 0 Å². The number of aryl methyl sites for hydroxylation is 1. The Bertz CT molecular complexity index is 592. The molecule has 0 aliphatic carbocycles. The number of nitriles is 1. The average Bonchev–Trinajstić information content (AvgIpc) is 3.03. The third kappa shape index (κ3) is 5.41. The van der Waals surface area contributed by atoms with E-state index < -0.39 is 6.09 Å². The second-order valence-corrected chi connectivity index (χ2v) is 6.37. The molecule has 1 aromatic rings. The third-order valence-electron chi connectivity index (χ3n) is 4.49. The molecule has 2 heterocycles. The maximum Gasteiger partial charge on any atom is 0.416 e. The van der Waals surface area contributed by atoms with Gasteiger partial charge in [0.15, 0.2) is 0 Å². The van der Waals surface area contributed by atoms with E-state index in [-0.39, 0.29) is 12.6 Å². The van der Waals surface area contributed by atoms with E-state index in [0.717, 1.165) is 25.5 Å². The number of carbonyl (C=O) groups is 2. The molecule has 0 radical (unpaired) electrons. The molecule has 0 bridgehead atoms. The number of benzene rings is 1. The van der Waals surface area contributed by atoms with Crippen molar-refractivity contribution >= 4 is 18.7 Å². The van der Waals surface area contributed by atoms with Gasteiger partial charge in [0.2, 0.25) is 5.91 Å². The molecule has 5 nitrogen and oxygen atoms in total. The molecule has 6 heteroatoms. The summed E-state index contributed by atoms with van der Waals surface area (Å²) in [6, 6.07) is 10.3. The molecule has 0 aromatic heterocycles. The van der Waals surface area contributed by atoms with Crippen LogP contribution in [0.4, 0.5) is 4.79 Å². The summed E-state index contributed by atoms with van der Waals surface area (Å²) in [6.07, 6.45) is 3.46. The van der Waals surface area contributed by atoms with Gasteiger partial charge in [0.25, 0.3) is 6.71 Å². The molecule has 0 unspecified atom stereocenters. The number of nitrogens with zero attached hydrogens (tertiary/aromatic N) is 2. The minimum absolute atomic E-state index is 0.132. The Hall–Kier alpha value is -2.29. The fraction of sp³-hybridized carbons (Fsp3) is 0.500. The zero-order valence-electron chi connectivity index (χ0n) is 14.1. The summed E-state index contributed by atoms with van der Waals surface area (Å²) < 4.78 is 4.73. The van der Waals surface area contributed by atoms with Crippen LogP contribution in [0.15, 0.2) is 30.3 Å². The smallest absolute Gasteiger partial charge is 0.416 e. The molecule has 24 heavy (non-hydrogen) atoms. The predicted molar refractivity (Wildman–Crippen MR) is 92.6 cm³/mol. The van der Waals surface area contributed by atoms with E-state index in [1.165, 1.54) is 10.5 Å². The lowest BCUT2D eigenvalue weighted by Crippen LogP contribution is -2.34. The quantitative estimate of drug-likeness (QED) is 0.782. The summed E-state index contributed by atoms with van der Waals surface area (Å²) in [6.45, 7) is 2.93. The van der Waals surface area contributed by atoms with Crippen LogP contribution in [0.5, 0.6) is 0 Å². The minimum Gasteiger partial charge on any atom is -0.447 e. The first-order chi connectivity index (χ1) is 11.6. The number of imide groups is 1. The lowest BCUT2D eigenvalue weighted by molar-refractivity contribution is -0.128. The molecule has 2 saturated heterocycles. The van der Waals surface area contributed by atoms with Gasteiger partial charge >= 0.3 is 6.09 Å². The zero-order valence-corrected chi connectivity index (χ0v) is 14.1. The van der Waals surface area contributed by atoms with Crippen LogP contribution in [0.25, 0.3) is 0 Å². The average molecular weight is 326 g/mol. The van der Waals surface area contributed by atoms with Crippen LogP contribution < -0.4 is 0 Å². The predicted octanol–water partition coefficient (Wildman–Crippen LogP) is 3.32. The summed E-state index contributed by atoms with van der Waals surface area (Å²) >= 11 is 0. The number of amides is 2. The van der Waals surface area contributed by atoms with Crippen molar-refractivity contribution in [1.29, 1.82) is 5.26 Å². The molecule has 126 valence electrons. The SMILES string of the molecule is Cc1ccccc1.N#CB1CCC(CC(=O)N2CCOC2=O)CC1. The molecular formula is C18H23BN2O3. The van der Waals surface area contributed by atoms with Gasteiger partial charge in [0.05, 0.1) is 6.54 Å². The highest BCUT2D eigenvalue weighted by Crippen LogP contribution is 2.28. The molecule has 0 saturated carbocycles. The van der Waals surface area contributed by atoms with Gasteiger partial charge in [-0.2, -0.15) is 0 Å². The molecule has 2 aliphatic rings. The van der Waals surface area contributed by atoms with E-state index in [4.69, 9.17) is 10.00 Å². The summed E-state index contributed by atoms with van der Waals surface area (Å²) in [4.78, 5) is 24.2. The topological polar surface area (TPSA) is 70.4 Å². The monoisotopic (exact) mass is 326 g/mol. The molecule has 1 aromatic carbocycles. The summed E-state index contributed by atoms with van der Waals surface area (Å²) in [5.74, 6) is 2.46. The van der Waals surface area contributed by atoms with Gasteiger partial charge in [-0.25, -0.2) is 15.0 Å². The van der Waals surface area contributed by atoms with E-state index >= 15 is 0 Å². The Labute approximate surface area is 143 Å². The van der Waals surface area contributed by atoms with Gasteiger partial charge in [-0.3, -0.25) is 4.79 Å². The lowest BCUT2D eigenvalue weighted by Gasteiger charge is -2.23. The van der Waals surface area contributed by atoms with Gasteiger partial charge < -0.3 is 4.74 Å². The van der Waals surface area contributed by atoms with Crippen LogP contribution in [0, 0.1) is 24.1 Å². The van der Waals surface area contributed by atoms with Crippen molar-refractivity contribution in [2.75, 3.05) is 13.2 Å². The summed E-state index contributed by atoms with van der Waals surface area (Å²) in [7, 11) is 0. The number of ether oxygens (including phenoxy) is 1. The van der Waals surface area contributed by atoms with Crippen LogP contribution in [0.2, 0.25) is 12.6 Å². The van der Waals surface area contributed by atoms with Crippen molar-refractivity contribution in [3.05, 3.63) is 35.9 Å². The molecule has 2 amide bonds. The molecule has 0 spiro atoms. The molecule has 2 aliphatic heterocycles. The largest absolute Gasteiger partial charge is 0.447 e.